The minimum atomic E-state index is 0. The molecule has 0 saturated heterocycles. The summed E-state index contributed by atoms with van der Waals surface area (Å²) in [6.45, 7) is 3.83. The molecule has 0 nitrogen and oxygen atoms in total. The molecule has 0 rings (SSSR count). The zero-order chi connectivity index (χ0) is 4.00. The van der Waals surface area contributed by atoms with E-state index in [0.29, 0.717) is 0 Å². The van der Waals surface area contributed by atoms with Crippen molar-refractivity contribution in [3.63, 3.8) is 0 Å². The summed E-state index contributed by atoms with van der Waals surface area (Å²) in [6, 6.07) is 0. The zero-order valence-corrected chi connectivity index (χ0v) is 8.44. The second-order valence-electron chi connectivity index (χ2n) is 0. The van der Waals surface area contributed by atoms with Crippen molar-refractivity contribution < 1.29 is 19.5 Å². The van der Waals surface area contributed by atoms with Crippen LogP contribution in [0.2, 0.25) is 0 Å². The first-order chi connectivity index (χ1) is 2.00. The van der Waals surface area contributed by atoms with Crippen LogP contribution in [0.15, 0.2) is 0 Å². The van der Waals surface area contributed by atoms with Crippen molar-refractivity contribution in [3.8, 4) is 0 Å². The second-order valence-corrected chi connectivity index (χ2v) is 0. The van der Waals surface area contributed by atoms with E-state index in [9.17, 15) is 0 Å². The molecule has 0 bridgehead atoms. The van der Waals surface area contributed by atoms with E-state index in [4.69, 9.17) is 0 Å². The standard InChI is InChI=1S/2CH5P.CH3.Rh/c2*1-2;;/h2*2H2,1H3;1H3;/q;;-1;. The average Bonchev–Trinajstić information content (AvgIpc) is 1.50. The van der Waals surface area contributed by atoms with Gasteiger partial charge in [0.05, 0.1) is 0 Å². The van der Waals surface area contributed by atoms with Crippen LogP contribution in [0.4, 0.5) is 0 Å². The summed E-state index contributed by atoms with van der Waals surface area (Å²) in [7, 11) is 4.83. The maximum absolute atomic E-state index is 2.42. The summed E-state index contributed by atoms with van der Waals surface area (Å²) >= 11 is 0. The molecule has 0 aliphatic heterocycles. The molecular weight excluding hydrogens is 201 g/mol. The van der Waals surface area contributed by atoms with E-state index in [0.717, 1.165) is 0 Å². The van der Waals surface area contributed by atoms with Crippen LogP contribution in [0, 0.1) is 7.43 Å². The average molecular weight is 214 g/mol. The van der Waals surface area contributed by atoms with E-state index < -0.39 is 0 Å². The molecule has 0 amide bonds. The molecule has 0 saturated carbocycles. The van der Waals surface area contributed by atoms with Crippen molar-refractivity contribution >= 4 is 18.5 Å². The second kappa shape index (κ2) is 88.6. The van der Waals surface area contributed by atoms with Gasteiger partial charge in [-0.05, 0) is 0 Å². The maximum Gasteiger partial charge on any atom is 0 e. The topological polar surface area (TPSA) is 0 Å². The van der Waals surface area contributed by atoms with Crippen LogP contribution in [0.3, 0.4) is 0 Å². The molecule has 0 fully saturated rings. The third kappa shape index (κ3) is 50.1. The van der Waals surface area contributed by atoms with Gasteiger partial charge in [0.2, 0.25) is 0 Å². The maximum atomic E-state index is 2.42. The largest absolute Gasteiger partial charge is 0.358 e. The van der Waals surface area contributed by atoms with Gasteiger partial charge in [-0.2, -0.15) is 0 Å². The molecule has 0 aliphatic rings. The van der Waals surface area contributed by atoms with Gasteiger partial charge in [-0.15, -0.1) is 18.5 Å². The Morgan fingerprint density at radius 1 is 0.833 bits per heavy atom. The van der Waals surface area contributed by atoms with Gasteiger partial charge >= 0.3 is 0 Å². The number of hydrogen-bond donors (Lipinski definition) is 0. The van der Waals surface area contributed by atoms with Crippen molar-refractivity contribution in [2.45, 2.75) is 0 Å². The molecule has 0 aromatic carbocycles. The van der Waals surface area contributed by atoms with Crippen molar-refractivity contribution in [1.29, 1.82) is 0 Å². The molecule has 0 spiro atoms. The van der Waals surface area contributed by atoms with Crippen LogP contribution in [0.1, 0.15) is 0 Å². The molecule has 0 N–H and O–H groups in total. The fourth-order valence-corrected chi connectivity index (χ4v) is 0. The fourth-order valence-electron chi connectivity index (χ4n) is 0. The Bertz CT molecular complexity index is 8.75. The minimum Gasteiger partial charge on any atom is -0.358 e. The van der Waals surface area contributed by atoms with Crippen LogP contribution in [0.25, 0.3) is 0 Å². The zero-order valence-electron chi connectivity index (χ0n) is 4.49. The molecule has 0 aromatic heterocycles. The van der Waals surface area contributed by atoms with Gasteiger partial charge in [-0.3, -0.25) is 0 Å². The van der Waals surface area contributed by atoms with Crippen molar-refractivity contribution in [1.82, 2.24) is 0 Å². The summed E-state index contributed by atoms with van der Waals surface area (Å²) < 4.78 is 0. The summed E-state index contributed by atoms with van der Waals surface area (Å²) in [5.74, 6) is 0. The van der Waals surface area contributed by atoms with Gasteiger partial charge in [-0.1, -0.05) is 13.3 Å². The first kappa shape index (κ1) is 25.9. The number of hydrogen-bond acceptors (Lipinski definition) is 0. The van der Waals surface area contributed by atoms with Crippen molar-refractivity contribution in [2.24, 2.45) is 0 Å². The third-order valence-corrected chi connectivity index (χ3v) is 0. The molecule has 45 valence electrons. The summed E-state index contributed by atoms with van der Waals surface area (Å²) in [4.78, 5) is 0. The van der Waals surface area contributed by atoms with Gasteiger partial charge < -0.3 is 7.43 Å². The van der Waals surface area contributed by atoms with Crippen molar-refractivity contribution in [2.75, 3.05) is 13.3 Å². The Morgan fingerprint density at radius 3 is 0.833 bits per heavy atom. The van der Waals surface area contributed by atoms with Gasteiger partial charge in [0.25, 0.3) is 0 Å². The van der Waals surface area contributed by atoms with Crippen LogP contribution < -0.4 is 0 Å². The van der Waals surface area contributed by atoms with Gasteiger partial charge in [0.1, 0.15) is 0 Å². The summed E-state index contributed by atoms with van der Waals surface area (Å²) in [6.07, 6.45) is 0. The van der Waals surface area contributed by atoms with E-state index in [-0.39, 0.29) is 26.9 Å². The van der Waals surface area contributed by atoms with Gasteiger partial charge in [0, 0.05) is 19.5 Å². The van der Waals surface area contributed by atoms with Crippen LogP contribution in [-0.4, -0.2) is 13.3 Å². The van der Waals surface area contributed by atoms with Gasteiger partial charge in [-0.25, -0.2) is 0 Å². The molecule has 0 aromatic rings. The Hall–Kier alpha value is 1.48. The Kier molecular flexibility index (Phi) is 383. The SMILES string of the molecule is CP.CP.[CH3-].[Rh]. The van der Waals surface area contributed by atoms with Crippen LogP contribution in [-0.2, 0) is 19.5 Å². The van der Waals surface area contributed by atoms with E-state index in [1.165, 1.54) is 0 Å². The molecule has 3 heteroatoms. The first-order valence-corrected chi connectivity index (χ1v) is 3.46. The van der Waals surface area contributed by atoms with Crippen LogP contribution in [0.5, 0.6) is 0 Å². The molecule has 0 heterocycles. The predicted octanol–water partition coefficient (Wildman–Crippen LogP) is 1.43. The van der Waals surface area contributed by atoms with E-state index in [1.807, 2.05) is 13.3 Å². The van der Waals surface area contributed by atoms with E-state index in [1.54, 1.807) is 0 Å². The molecular formula is C3H13P2Rh-. The monoisotopic (exact) mass is 214 g/mol. The third-order valence-electron chi connectivity index (χ3n) is 0. The van der Waals surface area contributed by atoms with Crippen molar-refractivity contribution in [3.05, 3.63) is 7.43 Å². The molecule has 2 unspecified atom stereocenters. The fraction of sp³-hybridized carbons (Fsp3) is 0.667. The molecule has 0 aliphatic carbocycles. The first-order valence-electron chi connectivity index (χ1n) is 1.15. The smallest absolute Gasteiger partial charge is 0 e. The molecule has 1 radical (unpaired) electrons. The van der Waals surface area contributed by atoms with Gasteiger partial charge in [0.15, 0.2) is 0 Å². The molecule has 2 atom stereocenters. The summed E-state index contributed by atoms with van der Waals surface area (Å²) in [5, 5.41) is 0. The van der Waals surface area contributed by atoms with E-state index in [2.05, 4.69) is 18.5 Å². The normalized spacial score (nSPS) is 2.00. The Morgan fingerprint density at radius 2 is 0.833 bits per heavy atom. The summed E-state index contributed by atoms with van der Waals surface area (Å²) in [5.41, 5.74) is 0. The Balaban J connectivity index is -0.00000000500. The van der Waals surface area contributed by atoms with E-state index >= 15 is 0 Å². The Labute approximate surface area is 59.0 Å². The van der Waals surface area contributed by atoms with Crippen LogP contribution >= 0.6 is 18.5 Å². The number of rotatable bonds is 0. The quantitative estimate of drug-likeness (QED) is 0.325. The predicted molar refractivity (Wildman–Crippen MR) is 37.7 cm³/mol. The molecule has 6 heavy (non-hydrogen) atoms. The minimum absolute atomic E-state index is 0.